The van der Waals surface area contributed by atoms with E-state index in [2.05, 4.69) is 11.1 Å². The SMILES string of the molecule is CN(CCC#N)c1ccc([N+](=O)[O-])c2ccncc12. The lowest BCUT2D eigenvalue weighted by Crippen LogP contribution is -2.18. The maximum absolute atomic E-state index is 11.0. The lowest BCUT2D eigenvalue weighted by Gasteiger charge is -2.19. The monoisotopic (exact) mass is 256 g/mol. The van der Waals surface area contributed by atoms with Crippen LogP contribution in [0.15, 0.2) is 30.6 Å². The Balaban J connectivity index is 2.56. The Hall–Kier alpha value is -2.68. The second-order valence-corrected chi connectivity index (χ2v) is 4.11. The summed E-state index contributed by atoms with van der Waals surface area (Å²) in [6.45, 7) is 0.568. The van der Waals surface area contributed by atoms with Gasteiger partial charge < -0.3 is 4.90 Å². The Labute approximate surface area is 110 Å². The lowest BCUT2D eigenvalue weighted by molar-refractivity contribution is -0.383. The maximum Gasteiger partial charge on any atom is 0.277 e. The Bertz CT molecular complexity index is 663. The van der Waals surface area contributed by atoms with E-state index < -0.39 is 4.92 Å². The molecule has 1 aromatic carbocycles. The second kappa shape index (κ2) is 5.31. The van der Waals surface area contributed by atoms with Gasteiger partial charge in [-0.2, -0.15) is 5.26 Å². The third-order valence-electron chi connectivity index (χ3n) is 2.94. The highest BCUT2D eigenvalue weighted by Crippen LogP contribution is 2.32. The van der Waals surface area contributed by atoms with E-state index >= 15 is 0 Å². The number of non-ortho nitro benzene ring substituents is 1. The molecular formula is C13H12N4O2. The van der Waals surface area contributed by atoms with Crippen LogP contribution in [0.1, 0.15) is 6.42 Å². The van der Waals surface area contributed by atoms with Crippen LogP contribution in [0.5, 0.6) is 0 Å². The molecule has 0 unspecified atom stereocenters. The van der Waals surface area contributed by atoms with Gasteiger partial charge in [0.15, 0.2) is 0 Å². The zero-order valence-corrected chi connectivity index (χ0v) is 10.4. The van der Waals surface area contributed by atoms with Crippen molar-refractivity contribution in [3.05, 3.63) is 40.7 Å². The summed E-state index contributed by atoms with van der Waals surface area (Å²) in [5.41, 5.74) is 0.902. The van der Waals surface area contributed by atoms with E-state index in [4.69, 9.17) is 5.26 Å². The summed E-state index contributed by atoms with van der Waals surface area (Å²) in [4.78, 5) is 16.5. The molecule has 1 heterocycles. The fourth-order valence-corrected chi connectivity index (χ4v) is 1.99. The second-order valence-electron chi connectivity index (χ2n) is 4.11. The summed E-state index contributed by atoms with van der Waals surface area (Å²) >= 11 is 0. The van der Waals surface area contributed by atoms with Gasteiger partial charge in [-0.05, 0) is 12.1 Å². The number of nitro groups is 1. The molecule has 0 saturated carbocycles. The van der Waals surface area contributed by atoms with Crippen molar-refractivity contribution in [2.75, 3.05) is 18.5 Å². The normalized spacial score (nSPS) is 10.1. The zero-order chi connectivity index (χ0) is 13.8. The van der Waals surface area contributed by atoms with Crippen molar-refractivity contribution >= 4 is 22.1 Å². The number of hydrogen-bond acceptors (Lipinski definition) is 5. The summed E-state index contributed by atoms with van der Waals surface area (Å²) in [6, 6.07) is 6.90. The molecule has 0 N–H and O–H groups in total. The Morgan fingerprint density at radius 3 is 2.89 bits per heavy atom. The number of aromatic nitrogens is 1. The molecule has 0 bridgehead atoms. The molecule has 96 valence electrons. The Kier molecular flexibility index (Phi) is 3.57. The minimum atomic E-state index is -0.401. The highest BCUT2D eigenvalue weighted by Gasteiger charge is 2.15. The molecule has 0 atom stereocenters. The summed E-state index contributed by atoms with van der Waals surface area (Å²) < 4.78 is 0. The fraction of sp³-hybridized carbons (Fsp3) is 0.231. The molecule has 2 rings (SSSR count). The van der Waals surface area contributed by atoms with Gasteiger partial charge in [-0.1, -0.05) is 0 Å². The third kappa shape index (κ3) is 2.45. The van der Waals surface area contributed by atoms with E-state index in [0.717, 1.165) is 11.1 Å². The van der Waals surface area contributed by atoms with E-state index in [0.29, 0.717) is 18.4 Å². The third-order valence-corrected chi connectivity index (χ3v) is 2.94. The van der Waals surface area contributed by atoms with E-state index in [-0.39, 0.29) is 5.69 Å². The number of hydrogen-bond donors (Lipinski definition) is 0. The van der Waals surface area contributed by atoms with Crippen molar-refractivity contribution in [2.45, 2.75) is 6.42 Å². The fourth-order valence-electron chi connectivity index (χ4n) is 1.99. The van der Waals surface area contributed by atoms with Crippen LogP contribution in [0.4, 0.5) is 11.4 Å². The molecule has 6 nitrogen and oxygen atoms in total. The van der Waals surface area contributed by atoms with Crippen LogP contribution in [-0.4, -0.2) is 23.5 Å². The predicted octanol–water partition coefficient (Wildman–Crippen LogP) is 2.49. The van der Waals surface area contributed by atoms with E-state index in [1.54, 1.807) is 18.3 Å². The quantitative estimate of drug-likeness (QED) is 0.620. The minimum absolute atomic E-state index is 0.0647. The summed E-state index contributed by atoms with van der Waals surface area (Å²) in [5, 5.41) is 20.9. The van der Waals surface area contributed by atoms with Crippen LogP contribution in [0.25, 0.3) is 10.8 Å². The van der Waals surface area contributed by atoms with Gasteiger partial charge in [0.1, 0.15) is 0 Å². The minimum Gasteiger partial charge on any atom is -0.373 e. The van der Waals surface area contributed by atoms with Gasteiger partial charge in [-0.15, -0.1) is 0 Å². The van der Waals surface area contributed by atoms with Crippen LogP contribution in [0.3, 0.4) is 0 Å². The van der Waals surface area contributed by atoms with Crippen molar-refractivity contribution < 1.29 is 4.92 Å². The summed E-state index contributed by atoms with van der Waals surface area (Å²) in [7, 11) is 1.85. The van der Waals surface area contributed by atoms with Crippen molar-refractivity contribution in [1.82, 2.24) is 4.98 Å². The largest absolute Gasteiger partial charge is 0.373 e. The van der Waals surface area contributed by atoms with Gasteiger partial charge in [-0.25, -0.2) is 0 Å². The number of nitriles is 1. The lowest BCUT2D eigenvalue weighted by atomic mass is 10.1. The number of fused-ring (bicyclic) bond motifs is 1. The van der Waals surface area contributed by atoms with E-state index in [9.17, 15) is 10.1 Å². The number of pyridine rings is 1. The molecule has 19 heavy (non-hydrogen) atoms. The van der Waals surface area contributed by atoms with E-state index in [1.165, 1.54) is 12.3 Å². The van der Waals surface area contributed by atoms with Gasteiger partial charge in [0.25, 0.3) is 5.69 Å². The Morgan fingerprint density at radius 1 is 1.42 bits per heavy atom. The molecule has 0 spiro atoms. The molecule has 0 aliphatic carbocycles. The zero-order valence-electron chi connectivity index (χ0n) is 10.4. The van der Waals surface area contributed by atoms with Crippen LogP contribution >= 0.6 is 0 Å². The van der Waals surface area contributed by atoms with Crippen molar-refractivity contribution in [3.8, 4) is 6.07 Å². The molecular weight excluding hydrogens is 244 g/mol. The molecule has 0 radical (unpaired) electrons. The molecule has 0 amide bonds. The van der Waals surface area contributed by atoms with Crippen LogP contribution < -0.4 is 4.90 Å². The first-order valence-corrected chi connectivity index (χ1v) is 5.74. The molecule has 0 saturated heterocycles. The molecule has 6 heteroatoms. The van der Waals surface area contributed by atoms with Crippen molar-refractivity contribution in [2.24, 2.45) is 0 Å². The molecule has 0 aliphatic rings. The van der Waals surface area contributed by atoms with Crippen LogP contribution in [-0.2, 0) is 0 Å². The first-order valence-electron chi connectivity index (χ1n) is 5.74. The molecule has 0 aliphatic heterocycles. The first kappa shape index (κ1) is 12.8. The number of nitro benzene ring substituents is 1. The Morgan fingerprint density at radius 2 is 2.21 bits per heavy atom. The standard InChI is InChI=1S/C13H12N4O2/c1-16(8-2-6-14)12-3-4-13(17(18)19)10-5-7-15-9-11(10)12/h3-5,7,9H,2,8H2,1H3. The maximum atomic E-state index is 11.0. The average molecular weight is 256 g/mol. The van der Waals surface area contributed by atoms with Crippen LogP contribution in [0.2, 0.25) is 0 Å². The van der Waals surface area contributed by atoms with Gasteiger partial charge in [0.2, 0.25) is 0 Å². The topological polar surface area (TPSA) is 83.1 Å². The molecule has 1 aromatic heterocycles. The molecule has 0 fully saturated rings. The van der Waals surface area contributed by atoms with Gasteiger partial charge in [0, 0.05) is 43.1 Å². The number of benzene rings is 1. The van der Waals surface area contributed by atoms with Crippen LogP contribution in [0, 0.1) is 21.4 Å². The molecule has 2 aromatic rings. The average Bonchev–Trinajstić information content (AvgIpc) is 2.43. The smallest absolute Gasteiger partial charge is 0.277 e. The number of rotatable bonds is 4. The number of nitrogens with zero attached hydrogens (tertiary/aromatic N) is 4. The summed E-state index contributed by atoms with van der Waals surface area (Å²) in [6.07, 6.45) is 3.55. The predicted molar refractivity (Wildman–Crippen MR) is 71.9 cm³/mol. The van der Waals surface area contributed by atoms with Crippen molar-refractivity contribution in [3.63, 3.8) is 0 Å². The summed E-state index contributed by atoms with van der Waals surface area (Å²) in [5.74, 6) is 0. The van der Waals surface area contributed by atoms with Gasteiger partial charge in [-0.3, -0.25) is 15.1 Å². The number of anilines is 1. The van der Waals surface area contributed by atoms with Gasteiger partial charge >= 0.3 is 0 Å². The first-order chi connectivity index (χ1) is 9.15. The van der Waals surface area contributed by atoms with Crippen molar-refractivity contribution in [1.29, 1.82) is 5.26 Å². The highest BCUT2D eigenvalue weighted by molar-refractivity contribution is 5.99. The van der Waals surface area contributed by atoms with E-state index in [1.807, 2.05) is 11.9 Å². The van der Waals surface area contributed by atoms with Gasteiger partial charge in [0.05, 0.1) is 22.8 Å². The highest BCUT2D eigenvalue weighted by atomic mass is 16.6.